The van der Waals surface area contributed by atoms with Gasteiger partial charge >= 0.3 is 5.97 Å². The molecule has 8 heteroatoms. The predicted molar refractivity (Wildman–Crippen MR) is 104 cm³/mol. The molecule has 0 bridgehead atoms. The Balaban J connectivity index is 1.38. The van der Waals surface area contributed by atoms with Crippen LogP contribution in [0.3, 0.4) is 0 Å². The first-order valence-corrected chi connectivity index (χ1v) is 9.28. The molecule has 2 unspecified atom stereocenters. The molecule has 0 radical (unpaired) electrons. The second-order valence-corrected chi connectivity index (χ2v) is 7.04. The summed E-state index contributed by atoms with van der Waals surface area (Å²) < 4.78 is 15.6. The summed E-state index contributed by atoms with van der Waals surface area (Å²) >= 11 is 0. The first-order valence-electron chi connectivity index (χ1n) is 9.28. The molecule has 1 saturated carbocycles. The number of hydrogen-bond acceptors (Lipinski definition) is 6. The van der Waals surface area contributed by atoms with E-state index < -0.39 is 11.8 Å². The molecular formula is C21H20N2O6. The molecule has 29 heavy (non-hydrogen) atoms. The summed E-state index contributed by atoms with van der Waals surface area (Å²) in [5, 5.41) is 5.39. The second-order valence-electron chi connectivity index (χ2n) is 7.04. The highest BCUT2D eigenvalue weighted by Gasteiger charge is 2.40. The lowest BCUT2D eigenvalue weighted by Gasteiger charge is -2.12. The van der Waals surface area contributed by atoms with Crippen molar-refractivity contribution < 1.29 is 28.6 Å². The minimum Gasteiger partial charge on any atom is -0.455 e. The topological polar surface area (TPSA) is 103 Å². The smallest absolute Gasteiger partial charge is 0.309 e. The first-order chi connectivity index (χ1) is 14.0. The number of nitrogens with one attached hydrogen (secondary N) is 2. The van der Waals surface area contributed by atoms with Gasteiger partial charge < -0.3 is 24.8 Å². The van der Waals surface area contributed by atoms with Gasteiger partial charge in [-0.1, -0.05) is 19.1 Å². The van der Waals surface area contributed by atoms with Crippen LogP contribution in [0.4, 0.5) is 11.4 Å². The minimum absolute atomic E-state index is 0.109. The average Bonchev–Trinajstić information content (AvgIpc) is 3.26. The predicted octanol–water partition coefficient (Wildman–Crippen LogP) is 2.81. The molecule has 2 aromatic rings. The van der Waals surface area contributed by atoms with E-state index in [9.17, 15) is 14.4 Å². The SMILES string of the molecule is CC1CC1C(=O)OCC(=O)Nc1ccccc1C(=O)Nc1ccc2c(c1)OCO2. The quantitative estimate of drug-likeness (QED) is 0.728. The fraction of sp³-hybridized carbons (Fsp3) is 0.286. The van der Waals surface area contributed by atoms with E-state index >= 15 is 0 Å². The summed E-state index contributed by atoms with van der Waals surface area (Å²) in [5.41, 5.74) is 1.14. The average molecular weight is 396 g/mol. The van der Waals surface area contributed by atoms with Gasteiger partial charge in [0.2, 0.25) is 6.79 Å². The molecule has 1 aliphatic heterocycles. The lowest BCUT2D eigenvalue weighted by Crippen LogP contribution is -2.23. The van der Waals surface area contributed by atoms with Gasteiger partial charge in [-0.05, 0) is 36.6 Å². The zero-order valence-corrected chi connectivity index (χ0v) is 15.8. The van der Waals surface area contributed by atoms with Gasteiger partial charge in [0.05, 0.1) is 17.2 Å². The van der Waals surface area contributed by atoms with E-state index in [1.807, 2.05) is 6.92 Å². The summed E-state index contributed by atoms with van der Waals surface area (Å²) in [7, 11) is 0. The Labute approximate surface area is 167 Å². The maximum Gasteiger partial charge on any atom is 0.309 e. The van der Waals surface area contributed by atoms with Crippen molar-refractivity contribution in [1.29, 1.82) is 0 Å². The van der Waals surface area contributed by atoms with Gasteiger partial charge in [0.25, 0.3) is 11.8 Å². The number of para-hydroxylation sites is 1. The molecular weight excluding hydrogens is 376 g/mol. The van der Waals surface area contributed by atoms with Crippen molar-refractivity contribution >= 4 is 29.2 Å². The van der Waals surface area contributed by atoms with Crippen molar-refractivity contribution in [2.75, 3.05) is 24.0 Å². The maximum atomic E-state index is 12.7. The molecule has 1 aliphatic carbocycles. The number of rotatable bonds is 6. The van der Waals surface area contributed by atoms with Gasteiger partial charge in [0, 0.05) is 11.8 Å². The molecule has 0 spiro atoms. The van der Waals surface area contributed by atoms with Crippen LogP contribution in [0.5, 0.6) is 11.5 Å². The molecule has 1 heterocycles. The van der Waals surface area contributed by atoms with Crippen LogP contribution in [0.15, 0.2) is 42.5 Å². The monoisotopic (exact) mass is 396 g/mol. The van der Waals surface area contributed by atoms with Crippen LogP contribution in [0.25, 0.3) is 0 Å². The number of fused-ring (bicyclic) bond motifs is 1. The van der Waals surface area contributed by atoms with E-state index in [0.717, 1.165) is 6.42 Å². The van der Waals surface area contributed by atoms with Crippen LogP contribution in [-0.2, 0) is 14.3 Å². The van der Waals surface area contributed by atoms with E-state index in [2.05, 4.69) is 10.6 Å². The zero-order valence-electron chi connectivity index (χ0n) is 15.8. The second kappa shape index (κ2) is 7.83. The third-order valence-electron chi connectivity index (χ3n) is 4.83. The number of esters is 1. The van der Waals surface area contributed by atoms with Crippen LogP contribution >= 0.6 is 0 Å². The first kappa shape index (κ1) is 18.8. The Hall–Kier alpha value is -3.55. The Morgan fingerprint density at radius 2 is 1.83 bits per heavy atom. The maximum absolute atomic E-state index is 12.7. The molecule has 1 fully saturated rings. The molecule has 2 atom stereocenters. The van der Waals surface area contributed by atoms with E-state index in [0.29, 0.717) is 28.8 Å². The van der Waals surface area contributed by atoms with Gasteiger partial charge in [0.15, 0.2) is 18.1 Å². The van der Waals surface area contributed by atoms with Crippen molar-refractivity contribution in [3.63, 3.8) is 0 Å². The number of hydrogen-bond donors (Lipinski definition) is 2. The Morgan fingerprint density at radius 3 is 2.62 bits per heavy atom. The van der Waals surface area contributed by atoms with E-state index in [1.165, 1.54) is 0 Å². The summed E-state index contributed by atoms with van der Waals surface area (Å²) in [6, 6.07) is 11.7. The normalized spacial score (nSPS) is 18.7. The van der Waals surface area contributed by atoms with Crippen molar-refractivity contribution in [2.45, 2.75) is 13.3 Å². The van der Waals surface area contributed by atoms with Gasteiger partial charge in [-0.2, -0.15) is 0 Å². The summed E-state index contributed by atoms with van der Waals surface area (Å²) in [5.74, 6) is 0.107. The van der Waals surface area contributed by atoms with Crippen LogP contribution in [0.2, 0.25) is 0 Å². The Bertz CT molecular complexity index is 973. The number of amides is 2. The van der Waals surface area contributed by atoms with Crippen molar-refractivity contribution in [1.82, 2.24) is 0 Å². The van der Waals surface area contributed by atoms with Crippen molar-refractivity contribution in [2.24, 2.45) is 11.8 Å². The number of ether oxygens (including phenoxy) is 3. The van der Waals surface area contributed by atoms with Crippen LogP contribution in [-0.4, -0.2) is 31.2 Å². The summed E-state index contributed by atoms with van der Waals surface area (Å²) in [6.07, 6.45) is 0.795. The van der Waals surface area contributed by atoms with Crippen molar-refractivity contribution in [3.05, 3.63) is 48.0 Å². The molecule has 4 rings (SSSR count). The molecule has 2 aromatic carbocycles. The number of benzene rings is 2. The summed E-state index contributed by atoms with van der Waals surface area (Å²) in [4.78, 5) is 36.6. The highest BCUT2D eigenvalue weighted by atomic mass is 16.7. The van der Waals surface area contributed by atoms with Crippen molar-refractivity contribution in [3.8, 4) is 11.5 Å². The Kier molecular flexibility index (Phi) is 5.07. The molecule has 150 valence electrons. The number of anilines is 2. The Morgan fingerprint density at radius 1 is 1.07 bits per heavy atom. The van der Waals surface area contributed by atoms with E-state index in [1.54, 1.807) is 42.5 Å². The van der Waals surface area contributed by atoms with E-state index in [4.69, 9.17) is 14.2 Å². The lowest BCUT2D eigenvalue weighted by molar-refractivity contribution is -0.148. The van der Waals surface area contributed by atoms with Gasteiger partial charge in [-0.25, -0.2) is 0 Å². The fourth-order valence-electron chi connectivity index (χ4n) is 3.04. The van der Waals surface area contributed by atoms with Gasteiger partial charge in [-0.15, -0.1) is 0 Å². The van der Waals surface area contributed by atoms with E-state index in [-0.39, 0.29) is 30.9 Å². The highest BCUT2D eigenvalue weighted by molar-refractivity contribution is 6.10. The third kappa shape index (κ3) is 4.31. The summed E-state index contributed by atoms with van der Waals surface area (Å²) in [6.45, 7) is 1.72. The number of carbonyl (C=O) groups excluding carboxylic acids is 3. The molecule has 8 nitrogen and oxygen atoms in total. The largest absolute Gasteiger partial charge is 0.455 e. The molecule has 2 amide bonds. The van der Waals surface area contributed by atoms with Crippen LogP contribution in [0, 0.1) is 11.8 Å². The third-order valence-corrected chi connectivity index (χ3v) is 4.83. The standard InChI is InChI=1S/C21H20N2O6/c1-12-8-15(12)21(26)27-10-19(24)23-16-5-3-2-4-14(16)20(25)22-13-6-7-17-18(9-13)29-11-28-17/h2-7,9,12,15H,8,10-11H2,1H3,(H,22,25)(H,23,24). The molecule has 0 aromatic heterocycles. The molecule has 2 aliphatic rings. The highest BCUT2D eigenvalue weighted by Crippen LogP contribution is 2.38. The van der Waals surface area contributed by atoms with Gasteiger partial charge in [0.1, 0.15) is 0 Å². The number of carbonyl (C=O) groups is 3. The van der Waals surface area contributed by atoms with Crippen LogP contribution in [0.1, 0.15) is 23.7 Å². The minimum atomic E-state index is -0.505. The molecule has 0 saturated heterocycles. The lowest BCUT2D eigenvalue weighted by atomic mass is 10.1. The van der Waals surface area contributed by atoms with Gasteiger partial charge in [-0.3, -0.25) is 14.4 Å². The fourth-order valence-corrected chi connectivity index (χ4v) is 3.04. The molecule has 2 N–H and O–H groups in total. The van der Waals surface area contributed by atoms with Crippen LogP contribution < -0.4 is 20.1 Å². The zero-order chi connectivity index (χ0) is 20.4.